The molecule has 0 bridgehead atoms. The van der Waals surface area contributed by atoms with E-state index < -0.39 is 99.9 Å². The Morgan fingerprint density at radius 1 is 1.00 bits per heavy atom. The molecule has 8 atom stereocenters. The molecule has 2 saturated heterocycles. The van der Waals surface area contributed by atoms with Crippen LogP contribution in [-0.2, 0) is 57.2 Å². The molecule has 2 aliphatic heterocycles. The molecule has 0 aromatic heterocycles. The van der Waals surface area contributed by atoms with Crippen molar-refractivity contribution >= 4 is 52.6 Å². The average Bonchev–Trinajstić information content (AvgIpc) is 3.03. The summed E-state index contributed by atoms with van der Waals surface area (Å²) in [5.41, 5.74) is 4.70. The standard InChI is InChI=1S/C33H55N5O14S/c1-17(28(43)38-20(27(34)42)13-14-22(40)47-9)36-29(44)18(2)49-25-24-21(16-48-32(7,8)51-24)50-33(46,26(25)37-19(3)39)53-23(41)12-10-11-15-35-30(45)52-31(4,5)6/h17-18,20-21,24-26,46H,10-16H2,1-9H3,(H2,34,42)(H,35,45)(H,36,44)(H,37,39)(H,38,43)/t17-,18+,20-,21+,24+,25-,26+,33?/m0/s1. The van der Waals surface area contributed by atoms with E-state index in [0.717, 1.165) is 0 Å². The minimum absolute atomic E-state index is 0.0309. The molecular weight excluding hydrogens is 722 g/mol. The maximum absolute atomic E-state index is 13.3. The summed E-state index contributed by atoms with van der Waals surface area (Å²) in [6.07, 6.45) is -4.85. The Labute approximate surface area is 313 Å². The van der Waals surface area contributed by atoms with Gasteiger partial charge in [-0.15, -0.1) is 0 Å². The number of nitrogens with one attached hydrogen (secondary N) is 4. The fourth-order valence-corrected chi connectivity index (χ4v) is 6.34. The number of rotatable bonds is 17. The number of primary amides is 1. The first kappa shape index (κ1) is 45.6. The fraction of sp³-hybridized carbons (Fsp3) is 0.788. The molecule has 5 amide bonds. The van der Waals surface area contributed by atoms with Crippen LogP contribution in [0.4, 0.5) is 4.79 Å². The van der Waals surface area contributed by atoms with Gasteiger partial charge in [0.05, 0.1) is 13.7 Å². The zero-order valence-electron chi connectivity index (χ0n) is 31.7. The lowest BCUT2D eigenvalue weighted by Gasteiger charge is -2.54. The maximum Gasteiger partial charge on any atom is 0.407 e. The van der Waals surface area contributed by atoms with E-state index in [4.69, 9.17) is 29.4 Å². The van der Waals surface area contributed by atoms with Gasteiger partial charge in [0.25, 0.3) is 0 Å². The number of methoxy groups -OCH3 is 1. The van der Waals surface area contributed by atoms with Gasteiger partial charge in [-0.25, -0.2) is 4.79 Å². The summed E-state index contributed by atoms with van der Waals surface area (Å²) >= 11 is 0.426. The van der Waals surface area contributed by atoms with Crippen molar-refractivity contribution in [3.63, 3.8) is 0 Å². The van der Waals surface area contributed by atoms with Crippen molar-refractivity contribution in [2.75, 3.05) is 20.3 Å². The first-order valence-corrected chi connectivity index (χ1v) is 18.1. The predicted octanol–water partition coefficient (Wildman–Crippen LogP) is -0.156. The van der Waals surface area contributed by atoms with E-state index in [-0.39, 0.29) is 32.4 Å². The number of amides is 5. The number of fused-ring (bicyclic) bond motifs is 1. The van der Waals surface area contributed by atoms with E-state index in [1.165, 1.54) is 27.9 Å². The van der Waals surface area contributed by atoms with E-state index >= 15 is 0 Å². The third kappa shape index (κ3) is 15.0. The van der Waals surface area contributed by atoms with E-state index in [9.17, 15) is 38.7 Å². The van der Waals surface area contributed by atoms with Gasteiger partial charge >= 0.3 is 12.1 Å². The Bertz CT molecular complexity index is 1340. The van der Waals surface area contributed by atoms with Gasteiger partial charge in [0.1, 0.15) is 48.1 Å². The van der Waals surface area contributed by atoms with Crippen LogP contribution in [0.1, 0.15) is 87.5 Å². The molecule has 0 aliphatic carbocycles. The monoisotopic (exact) mass is 777 g/mol. The number of hydrogen-bond donors (Lipinski definition) is 6. The fourth-order valence-electron chi connectivity index (χ4n) is 5.27. The van der Waals surface area contributed by atoms with Gasteiger partial charge in [0.2, 0.25) is 28.7 Å². The lowest BCUT2D eigenvalue weighted by atomic mass is 9.94. The topological polar surface area (TPSA) is 269 Å². The summed E-state index contributed by atoms with van der Waals surface area (Å²) in [6.45, 7) is 12.5. The summed E-state index contributed by atoms with van der Waals surface area (Å²) in [6, 6.07) is -3.88. The number of ether oxygens (including phenoxy) is 6. The van der Waals surface area contributed by atoms with E-state index in [1.807, 2.05) is 0 Å². The van der Waals surface area contributed by atoms with Crippen LogP contribution < -0.4 is 27.0 Å². The molecule has 2 fully saturated rings. The molecule has 2 rings (SSSR count). The number of carbonyl (C=O) groups is 7. The minimum atomic E-state index is -2.41. The first-order valence-electron chi connectivity index (χ1n) is 17.3. The molecule has 2 aliphatic rings. The Kier molecular flexibility index (Phi) is 16.9. The van der Waals surface area contributed by atoms with Crippen LogP contribution in [0.25, 0.3) is 0 Å². The third-order valence-electron chi connectivity index (χ3n) is 7.85. The number of unbranched alkanes of at least 4 members (excludes halogenated alkanes) is 1. The van der Waals surface area contributed by atoms with Crippen LogP contribution in [0.15, 0.2) is 0 Å². The molecule has 2 heterocycles. The van der Waals surface area contributed by atoms with E-state index in [0.29, 0.717) is 24.6 Å². The van der Waals surface area contributed by atoms with Gasteiger partial charge in [-0.2, -0.15) is 0 Å². The molecule has 20 heteroatoms. The van der Waals surface area contributed by atoms with Crippen molar-refractivity contribution in [3.05, 3.63) is 0 Å². The lowest BCUT2D eigenvalue weighted by molar-refractivity contribution is -0.376. The van der Waals surface area contributed by atoms with Gasteiger partial charge in [-0.3, -0.25) is 28.8 Å². The highest BCUT2D eigenvalue weighted by atomic mass is 32.2. The molecule has 0 aromatic rings. The lowest BCUT2D eigenvalue weighted by Crippen LogP contribution is -2.73. The third-order valence-corrected chi connectivity index (χ3v) is 8.92. The largest absolute Gasteiger partial charge is 0.469 e. The summed E-state index contributed by atoms with van der Waals surface area (Å²) in [4.78, 5) is 87.1. The van der Waals surface area contributed by atoms with Gasteiger partial charge in [-0.05, 0) is 79.5 Å². The zero-order chi connectivity index (χ0) is 40.3. The summed E-state index contributed by atoms with van der Waals surface area (Å²) in [7, 11) is 1.17. The zero-order valence-corrected chi connectivity index (χ0v) is 32.5. The summed E-state index contributed by atoms with van der Waals surface area (Å²) in [5, 5.41) is 19.0. The molecular formula is C33H55N5O14S. The van der Waals surface area contributed by atoms with Crippen LogP contribution in [0, 0.1) is 0 Å². The van der Waals surface area contributed by atoms with Gasteiger partial charge in [0.15, 0.2) is 10.9 Å². The molecule has 0 spiro atoms. The van der Waals surface area contributed by atoms with Gasteiger partial charge in [-0.1, -0.05) is 0 Å². The smallest absolute Gasteiger partial charge is 0.407 e. The molecule has 53 heavy (non-hydrogen) atoms. The number of esters is 1. The highest BCUT2D eigenvalue weighted by Crippen LogP contribution is 2.43. The Balaban J connectivity index is 2.19. The van der Waals surface area contributed by atoms with Crippen LogP contribution >= 0.6 is 11.8 Å². The second-order valence-electron chi connectivity index (χ2n) is 14.2. The molecule has 302 valence electrons. The van der Waals surface area contributed by atoms with Crippen LogP contribution in [-0.4, -0.2) is 125 Å². The number of aliphatic hydroxyl groups is 1. The van der Waals surface area contributed by atoms with Crippen molar-refractivity contribution < 1.29 is 67.1 Å². The molecule has 19 nitrogen and oxygen atoms in total. The number of thioether (sulfide) groups is 1. The van der Waals surface area contributed by atoms with E-state index in [2.05, 4.69) is 26.0 Å². The van der Waals surface area contributed by atoms with Gasteiger partial charge in [0, 0.05) is 26.3 Å². The maximum atomic E-state index is 13.3. The Hall–Kier alpha value is -3.56. The number of alkyl carbamates (subject to hydrolysis) is 1. The highest BCUT2D eigenvalue weighted by Gasteiger charge is 2.60. The van der Waals surface area contributed by atoms with Crippen molar-refractivity contribution in [1.29, 1.82) is 0 Å². The molecule has 7 N–H and O–H groups in total. The second kappa shape index (κ2) is 19.7. The van der Waals surface area contributed by atoms with Crippen molar-refractivity contribution in [2.24, 2.45) is 5.73 Å². The van der Waals surface area contributed by atoms with Crippen molar-refractivity contribution in [1.82, 2.24) is 21.3 Å². The minimum Gasteiger partial charge on any atom is -0.469 e. The summed E-state index contributed by atoms with van der Waals surface area (Å²) in [5.74, 6) is -4.85. The number of carbonyl (C=O) groups excluding carboxylic acids is 7. The molecule has 0 aromatic carbocycles. The SMILES string of the molecule is COC(=O)CC[C@H](NC(=O)[C@H](C)NC(=O)[C@@H](C)O[C@H]1[C@@H]2OC(C)(C)OC[C@H]2OC(O)(SC(=O)CCCCNC(=O)OC(C)(C)C)[C@@H]1NC(C)=O)C(N)=O. The van der Waals surface area contributed by atoms with Crippen LogP contribution in [0.5, 0.6) is 0 Å². The first-order chi connectivity index (χ1) is 24.5. The van der Waals surface area contributed by atoms with Crippen molar-refractivity contribution in [3.8, 4) is 0 Å². The molecule has 1 unspecified atom stereocenters. The van der Waals surface area contributed by atoms with Crippen LogP contribution in [0.2, 0.25) is 0 Å². The number of nitrogens with two attached hydrogens (primary N) is 1. The highest BCUT2D eigenvalue weighted by molar-refractivity contribution is 8.14. The second-order valence-corrected chi connectivity index (χ2v) is 15.4. The summed E-state index contributed by atoms with van der Waals surface area (Å²) < 4.78 is 33.7. The predicted molar refractivity (Wildman–Crippen MR) is 187 cm³/mol. The molecule has 0 saturated carbocycles. The number of hydrogen-bond acceptors (Lipinski definition) is 15. The molecule has 0 radical (unpaired) electrons. The Morgan fingerprint density at radius 2 is 1.66 bits per heavy atom. The van der Waals surface area contributed by atoms with E-state index in [1.54, 1.807) is 34.6 Å². The van der Waals surface area contributed by atoms with Crippen LogP contribution in [0.3, 0.4) is 0 Å². The van der Waals surface area contributed by atoms with Gasteiger partial charge < -0.3 is 60.5 Å². The van der Waals surface area contributed by atoms with Crippen molar-refractivity contribution in [2.45, 2.75) is 147 Å². The normalized spacial score (nSPS) is 25.3. The Morgan fingerprint density at radius 3 is 2.25 bits per heavy atom. The average molecular weight is 778 g/mol. The quantitative estimate of drug-likeness (QED) is 0.0637.